The van der Waals surface area contributed by atoms with Crippen LogP contribution >= 0.6 is 0 Å². The molecule has 0 saturated carbocycles. The predicted octanol–water partition coefficient (Wildman–Crippen LogP) is 3.44. The Morgan fingerprint density at radius 2 is 1.95 bits per heavy atom. The van der Waals surface area contributed by atoms with Gasteiger partial charge in [0.05, 0.1) is 7.11 Å². The van der Waals surface area contributed by atoms with Crippen molar-refractivity contribution in [3.63, 3.8) is 0 Å². The van der Waals surface area contributed by atoms with Gasteiger partial charge < -0.3 is 14.8 Å². The molecule has 0 aromatic heterocycles. The van der Waals surface area contributed by atoms with Gasteiger partial charge in [0, 0.05) is 17.7 Å². The summed E-state index contributed by atoms with van der Waals surface area (Å²) in [6.07, 6.45) is 0. The maximum absolute atomic E-state index is 14.0. The molecule has 21 heavy (non-hydrogen) atoms. The van der Waals surface area contributed by atoms with Crippen molar-refractivity contribution >= 4 is 0 Å². The molecule has 2 aromatic rings. The number of hydrogen-bond donors (Lipinski definition) is 1. The summed E-state index contributed by atoms with van der Waals surface area (Å²) >= 11 is 0. The molecule has 0 heterocycles. The predicted molar refractivity (Wildman–Crippen MR) is 81.2 cm³/mol. The quantitative estimate of drug-likeness (QED) is 0.883. The van der Waals surface area contributed by atoms with Crippen LogP contribution in [-0.2, 0) is 13.2 Å². The molecule has 0 spiro atoms. The Balaban J connectivity index is 2.22. The Bertz CT molecular complexity index is 614. The Labute approximate surface area is 124 Å². The number of aryl methyl sites for hydroxylation is 1. The van der Waals surface area contributed by atoms with Crippen molar-refractivity contribution in [2.75, 3.05) is 14.2 Å². The lowest BCUT2D eigenvalue weighted by atomic mass is 10.1. The molecule has 1 N–H and O–H groups in total. The summed E-state index contributed by atoms with van der Waals surface area (Å²) in [6.45, 7) is 2.82. The normalized spacial score (nSPS) is 10.5. The van der Waals surface area contributed by atoms with E-state index in [-0.39, 0.29) is 18.2 Å². The smallest absolute Gasteiger partial charge is 0.165 e. The SMILES string of the molecule is CNCc1cccc(F)c1OCc1cc(C)ccc1OC. The summed E-state index contributed by atoms with van der Waals surface area (Å²) in [5, 5.41) is 3.01. The molecule has 0 unspecified atom stereocenters. The fourth-order valence-corrected chi connectivity index (χ4v) is 2.21. The topological polar surface area (TPSA) is 30.5 Å². The van der Waals surface area contributed by atoms with E-state index >= 15 is 0 Å². The second-order valence-corrected chi connectivity index (χ2v) is 4.86. The third kappa shape index (κ3) is 3.73. The van der Waals surface area contributed by atoms with Crippen LogP contribution in [0.3, 0.4) is 0 Å². The molecule has 0 saturated heterocycles. The van der Waals surface area contributed by atoms with Gasteiger partial charge in [-0.2, -0.15) is 0 Å². The van der Waals surface area contributed by atoms with Gasteiger partial charge in [-0.15, -0.1) is 0 Å². The monoisotopic (exact) mass is 289 g/mol. The lowest BCUT2D eigenvalue weighted by Gasteiger charge is -2.14. The number of hydrogen-bond acceptors (Lipinski definition) is 3. The molecule has 0 aliphatic rings. The van der Waals surface area contributed by atoms with E-state index < -0.39 is 0 Å². The molecular weight excluding hydrogens is 269 g/mol. The van der Waals surface area contributed by atoms with E-state index in [2.05, 4.69) is 5.32 Å². The van der Waals surface area contributed by atoms with E-state index in [9.17, 15) is 4.39 Å². The molecule has 0 fully saturated rings. The largest absolute Gasteiger partial charge is 0.496 e. The first-order chi connectivity index (χ1) is 10.2. The first kappa shape index (κ1) is 15.3. The van der Waals surface area contributed by atoms with Crippen LogP contribution in [0, 0.1) is 12.7 Å². The first-order valence-electron chi connectivity index (χ1n) is 6.84. The van der Waals surface area contributed by atoms with Gasteiger partial charge in [0.15, 0.2) is 11.6 Å². The number of halogens is 1. The van der Waals surface area contributed by atoms with Crippen molar-refractivity contribution in [1.29, 1.82) is 0 Å². The number of rotatable bonds is 6. The van der Waals surface area contributed by atoms with Crippen LogP contribution in [0.1, 0.15) is 16.7 Å². The zero-order chi connectivity index (χ0) is 15.2. The molecule has 0 amide bonds. The van der Waals surface area contributed by atoms with Crippen LogP contribution in [0.2, 0.25) is 0 Å². The van der Waals surface area contributed by atoms with Crippen molar-refractivity contribution < 1.29 is 13.9 Å². The summed E-state index contributed by atoms with van der Waals surface area (Å²) in [4.78, 5) is 0. The number of para-hydroxylation sites is 1. The Morgan fingerprint density at radius 3 is 2.67 bits per heavy atom. The lowest BCUT2D eigenvalue weighted by Crippen LogP contribution is -2.09. The number of benzene rings is 2. The maximum Gasteiger partial charge on any atom is 0.165 e. The van der Waals surface area contributed by atoms with Crippen LogP contribution < -0.4 is 14.8 Å². The molecule has 0 radical (unpaired) electrons. The van der Waals surface area contributed by atoms with Crippen LogP contribution in [0.25, 0.3) is 0 Å². The molecular formula is C17H20FNO2. The zero-order valence-corrected chi connectivity index (χ0v) is 12.6. The van der Waals surface area contributed by atoms with Crippen LogP contribution in [0.4, 0.5) is 4.39 Å². The molecule has 0 aliphatic carbocycles. The second kappa shape index (κ2) is 7.09. The van der Waals surface area contributed by atoms with Gasteiger partial charge >= 0.3 is 0 Å². The van der Waals surface area contributed by atoms with Crippen LogP contribution in [0.5, 0.6) is 11.5 Å². The maximum atomic E-state index is 14.0. The first-order valence-corrected chi connectivity index (χ1v) is 6.84. The number of ether oxygens (including phenoxy) is 2. The minimum atomic E-state index is -0.352. The molecule has 3 nitrogen and oxygen atoms in total. The van der Waals surface area contributed by atoms with E-state index in [1.54, 1.807) is 13.2 Å². The van der Waals surface area contributed by atoms with Crippen molar-refractivity contribution in [2.45, 2.75) is 20.1 Å². The van der Waals surface area contributed by atoms with Crippen molar-refractivity contribution in [3.05, 3.63) is 58.9 Å². The van der Waals surface area contributed by atoms with E-state index in [4.69, 9.17) is 9.47 Å². The van der Waals surface area contributed by atoms with E-state index in [0.717, 1.165) is 22.4 Å². The van der Waals surface area contributed by atoms with Crippen LogP contribution in [0.15, 0.2) is 36.4 Å². The van der Waals surface area contributed by atoms with Crippen molar-refractivity contribution in [2.24, 2.45) is 0 Å². The van der Waals surface area contributed by atoms with Gasteiger partial charge in [0.2, 0.25) is 0 Å². The van der Waals surface area contributed by atoms with Gasteiger partial charge in [-0.1, -0.05) is 23.8 Å². The Hall–Kier alpha value is -2.07. The molecule has 2 rings (SSSR count). The minimum Gasteiger partial charge on any atom is -0.496 e. The third-order valence-electron chi connectivity index (χ3n) is 3.22. The van der Waals surface area contributed by atoms with Gasteiger partial charge in [0.25, 0.3) is 0 Å². The minimum absolute atomic E-state index is 0.266. The average molecular weight is 289 g/mol. The molecule has 0 aliphatic heterocycles. The second-order valence-electron chi connectivity index (χ2n) is 4.86. The van der Waals surface area contributed by atoms with Gasteiger partial charge in [-0.25, -0.2) is 4.39 Å². The third-order valence-corrected chi connectivity index (χ3v) is 3.22. The summed E-state index contributed by atoms with van der Waals surface area (Å²) in [6, 6.07) is 10.8. The highest BCUT2D eigenvalue weighted by Gasteiger charge is 2.11. The lowest BCUT2D eigenvalue weighted by molar-refractivity contribution is 0.279. The van der Waals surface area contributed by atoms with E-state index in [1.807, 2.05) is 38.2 Å². The number of nitrogens with one attached hydrogen (secondary N) is 1. The number of methoxy groups -OCH3 is 1. The highest BCUT2D eigenvalue weighted by molar-refractivity contribution is 5.38. The van der Waals surface area contributed by atoms with Crippen molar-refractivity contribution in [3.8, 4) is 11.5 Å². The molecule has 112 valence electrons. The van der Waals surface area contributed by atoms with Crippen molar-refractivity contribution in [1.82, 2.24) is 5.32 Å². The summed E-state index contributed by atoms with van der Waals surface area (Å²) in [5.74, 6) is 0.678. The van der Waals surface area contributed by atoms with Gasteiger partial charge in [-0.05, 0) is 32.2 Å². The highest BCUT2D eigenvalue weighted by atomic mass is 19.1. The zero-order valence-electron chi connectivity index (χ0n) is 12.6. The molecule has 0 atom stereocenters. The summed E-state index contributed by atoms with van der Waals surface area (Å²) in [7, 11) is 3.43. The standard InChI is InChI=1S/C17H20FNO2/c1-12-7-8-16(20-3)14(9-12)11-21-17-13(10-19-2)5-4-6-15(17)18/h4-9,19H,10-11H2,1-3H3. The molecule has 2 aromatic carbocycles. The van der Waals surface area contributed by atoms with E-state index in [1.165, 1.54) is 6.07 Å². The van der Waals surface area contributed by atoms with Gasteiger partial charge in [-0.3, -0.25) is 0 Å². The fourth-order valence-electron chi connectivity index (χ4n) is 2.21. The summed E-state index contributed by atoms with van der Waals surface area (Å²) in [5.41, 5.74) is 2.80. The summed E-state index contributed by atoms with van der Waals surface area (Å²) < 4.78 is 25.0. The highest BCUT2D eigenvalue weighted by Crippen LogP contribution is 2.26. The Kier molecular flexibility index (Phi) is 5.17. The van der Waals surface area contributed by atoms with Gasteiger partial charge in [0.1, 0.15) is 12.4 Å². The molecule has 4 heteroatoms. The average Bonchev–Trinajstić information content (AvgIpc) is 2.47. The fraction of sp³-hybridized carbons (Fsp3) is 0.294. The Morgan fingerprint density at radius 1 is 1.14 bits per heavy atom. The molecule has 0 bridgehead atoms. The van der Waals surface area contributed by atoms with E-state index in [0.29, 0.717) is 6.54 Å². The van der Waals surface area contributed by atoms with Crippen LogP contribution in [-0.4, -0.2) is 14.2 Å².